The molecule has 0 aromatic heterocycles. The molecule has 0 rings (SSSR count). The summed E-state index contributed by atoms with van der Waals surface area (Å²) in [5, 5.41) is 18.8. The van der Waals surface area contributed by atoms with Crippen molar-refractivity contribution in [2.24, 2.45) is 0 Å². The molecule has 0 heterocycles. The monoisotopic (exact) mass is 633 g/mol. The largest absolute Gasteiger partial charge is 0.545 e. The highest BCUT2D eigenvalue weighted by molar-refractivity contribution is 7.76. The van der Waals surface area contributed by atoms with Crippen molar-refractivity contribution in [3.63, 3.8) is 0 Å². The van der Waals surface area contributed by atoms with E-state index in [-0.39, 0.29) is 0 Å². The summed E-state index contributed by atoms with van der Waals surface area (Å²) >= 11 is 0. The van der Waals surface area contributed by atoms with E-state index in [2.05, 4.69) is 55.4 Å². The molecule has 4 nitrogen and oxygen atoms in total. The Hall–Kier alpha value is -0.460. The minimum absolute atomic E-state index is 0.384. The molecule has 0 amide bonds. The topological polar surface area (TPSA) is 80.3 Å². The van der Waals surface area contributed by atoms with Crippen LogP contribution in [0.3, 0.4) is 0 Å². The van der Waals surface area contributed by atoms with E-state index < -0.39 is 26.5 Å². The summed E-state index contributed by atoms with van der Waals surface area (Å²) in [6.07, 6.45) is 36.7. The van der Waals surface area contributed by atoms with Gasteiger partial charge >= 0.3 is 0 Å². The van der Waals surface area contributed by atoms with Gasteiger partial charge in [0.05, 0.1) is 61.2 Å². The average Bonchev–Trinajstić information content (AvgIpc) is 2.99. The number of carboxylic acids is 2. The van der Waals surface area contributed by atoms with E-state index in [1.807, 2.05) is 0 Å². The molecule has 0 bridgehead atoms. The lowest BCUT2D eigenvalue weighted by atomic mass is 10.4. The number of hydrogen-bond donors (Lipinski definition) is 0. The highest BCUT2D eigenvalue weighted by Crippen LogP contribution is 2.62. The molecule has 0 aromatic rings. The van der Waals surface area contributed by atoms with Crippen molar-refractivity contribution in [2.45, 2.75) is 158 Å². The van der Waals surface area contributed by atoms with E-state index in [0.717, 1.165) is 0 Å². The van der Waals surface area contributed by atoms with Crippen LogP contribution in [0, 0.1) is 0 Å². The van der Waals surface area contributed by atoms with Crippen LogP contribution in [0.25, 0.3) is 0 Å². The van der Waals surface area contributed by atoms with Crippen LogP contribution < -0.4 is 10.2 Å². The van der Waals surface area contributed by atoms with Gasteiger partial charge in [0.1, 0.15) is 0 Å². The minimum Gasteiger partial charge on any atom is -0.545 e. The quantitative estimate of drug-likeness (QED) is 0.0703. The van der Waals surface area contributed by atoms with Crippen molar-refractivity contribution in [2.75, 3.05) is 49.3 Å². The van der Waals surface area contributed by atoms with Crippen LogP contribution in [-0.4, -0.2) is 61.2 Å². The second-order valence-electron chi connectivity index (χ2n) is 12.3. The van der Waals surface area contributed by atoms with E-state index >= 15 is 0 Å². The summed E-state index contributed by atoms with van der Waals surface area (Å²) in [4.78, 5) is 18.8. The van der Waals surface area contributed by atoms with Crippen LogP contribution in [0.1, 0.15) is 158 Å². The number of hydrogen-bond acceptors (Lipinski definition) is 4. The highest BCUT2D eigenvalue weighted by atomic mass is 31.2. The van der Waals surface area contributed by atoms with Crippen LogP contribution in [-0.2, 0) is 9.59 Å². The van der Waals surface area contributed by atoms with Crippen molar-refractivity contribution in [3.05, 3.63) is 12.2 Å². The molecule has 0 fully saturated rings. The van der Waals surface area contributed by atoms with E-state index in [1.54, 1.807) is 49.3 Å². The summed E-state index contributed by atoms with van der Waals surface area (Å²) in [6.45, 7) is 18.8. The SMILES string of the molecule is CCCC[P+](CCCC)(CCCC)CCCC.CCCC[P+](CCCC)(CCCC)CCCC.O=C([O-])/C=C\C(=O)[O-]. The first-order chi connectivity index (χ1) is 20.1. The third-order valence-corrected chi connectivity index (χ3v) is 18.4. The summed E-state index contributed by atoms with van der Waals surface area (Å²) < 4.78 is 0. The van der Waals surface area contributed by atoms with Gasteiger partial charge in [0.2, 0.25) is 0 Å². The predicted molar refractivity (Wildman–Crippen MR) is 191 cm³/mol. The van der Waals surface area contributed by atoms with Gasteiger partial charge < -0.3 is 19.8 Å². The smallest absolute Gasteiger partial charge is 0.0643 e. The lowest BCUT2D eigenvalue weighted by Crippen LogP contribution is -2.23. The van der Waals surface area contributed by atoms with Gasteiger partial charge in [-0.2, -0.15) is 0 Å². The summed E-state index contributed by atoms with van der Waals surface area (Å²) in [6, 6.07) is 0. The number of carboxylic acid groups (broad SMARTS) is 2. The first-order valence-electron chi connectivity index (χ1n) is 17.9. The molecule has 0 saturated carbocycles. The molecule has 0 aromatic carbocycles. The lowest BCUT2D eigenvalue weighted by molar-refractivity contribution is -0.301. The van der Waals surface area contributed by atoms with Crippen LogP contribution in [0.4, 0.5) is 0 Å². The van der Waals surface area contributed by atoms with E-state index in [1.165, 1.54) is 103 Å². The van der Waals surface area contributed by atoms with Gasteiger partial charge in [-0.15, -0.1) is 0 Å². The highest BCUT2D eigenvalue weighted by Gasteiger charge is 2.35. The number of carbonyl (C=O) groups is 2. The van der Waals surface area contributed by atoms with Crippen molar-refractivity contribution in [1.82, 2.24) is 0 Å². The molecule has 0 N–H and O–H groups in total. The Bertz CT molecular complexity index is 495. The lowest BCUT2D eigenvalue weighted by Gasteiger charge is -2.28. The molecule has 252 valence electrons. The molecule has 0 unspecified atom stereocenters. The van der Waals surface area contributed by atoms with Crippen LogP contribution in [0.5, 0.6) is 0 Å². The standard InChI is InChI=1S/2C16H36P.C4H4O4/c2*1-5-9-13-17(14-10-6-2,15-11-7-3)16-12-8-4;5-3(6)1-2-4(7)8/h2*5-16H2,1-4H3;1-2H,(H,5,6)(H,7,8)/q2*+1;/p-2/b;;2-1-. The van der Waals surface area contributed by atoms with Crippen LogP contribution in [0.2, 0.25) is 0 Å². The Morgan fingerprint density at radius 1 is 0.381 bits per heavy atom. The fourth-order valence-electron chi connectivity index (χ4n) is 5.43. The molecular formula is C36H74O4P2. The second kappa shape index (κ2) is 33.4. The van der Waals surface area contributed by atoms with Gasteiger partial charge in [-0.05, 0) is 63.5 Å². The summed E-state index contributed by atoms with van der Waals surface area (Å²) in [5.74, 6) is -3.09. The van der Waals surface area contributed by atoms with Gasteiger partial charge in [0.25, 0.3) is 0 Å². The van der Waals surface area contributed by atoms with Gasteiger partial charge in [-0.1, -0.05) is 107 Å². The van der Waals surface area contributed by atoms with Crippen molar-refractivity contribution >= 4 is 26.5 Å². The molecule has 0 saturated heterocycles. The van der Waals surface area contributed by atoms with Crippen LogP contribution >= 0.6 is 14.5 Å². The Morgan fingerprint density at radius 2 is 0.524 bits per heavy atom. The van der Waals surface area contributed by atoms with E-state index in [0.29, 0.717) is 12.2 Å². The maximum Gasteiger partial charge on any atom is 0.0643 e. The van der Waals surface area contributed by atoms with Crippen molar-refractivity contribution < 1.29 is 19.8 Å². The van der Waals surface area contributed by atoms with Gasteiger partial charge in [-0.25, -0.2) is 0 Å². The molecule has 42 heavy (non-hydrogen) atoms. The Labute approximate surface area is 265 Å². The predicted octanol–water partition coefficient (Wildman–Crippen LogP) is 9.45. The molecule has 6 heteroatoms. The molecule has 0 aliphatic rings. The second-order valence-corrected chi connectivity index (χ2v) is 21.2. The fourth-order valence-corrected chi connectivity index (χ4v) is 16.0. The van der Waals surface area contributed by atoms with Gasteiger partial charge in [0.15, 0.2) is 0 Å². The fraction of sp³-hybridized carbons (Fsp3) is 0.889. The van der Waals surface area contributed by atoms with Crippen LogP contribution in [0.15, 0.2) is 12.2 Å². The normalized spacial score (nSPS) is 11.5. The number of unbranched alkanes of at least 4 members (excludes halogenated alkanes) is 8. The van der Waals surface area contributed by atoms with Gasteiger partial charge in [0, 0.05) is 14.5 Å². The molecular weight excluding hydrogens is 558 g/mol. The molecule has 0 radical (unpaired) electrons. The molecule has 0 aliphatic heterocycles. The zero-order valence-electron chi connectivity index (χ0n) is 29.7. The Kier molecular flexibility index (Phi) is 36.6. The van der Waals surface area contributed by atoms with Crippen molar-refractivity contribution in [1.29, 1.82) is 0 Å². The summed E-state index contributed by atoms with van der Waals surface area (Å²) in [5.41, 5.74) is 0. The zero-order valence-corrected chi connectivity index (χ0v) is 31.4. The maximum atomic E-state index is 9.41. The Morgan fingerprint density at radius 3 is 0.619 bits per heavy atom. The van der Waals surface area contributed by atoms with E-state index in [9.17, 15) is 19.8 Å². The number of rotatable bonds is 26. The zero-order chi connectivity index (χ0) is 32.5. The summed E-state index contributed by atoms with van der Waals surface area (Å²) in [7, 11) is -1.12. The molecule has 0 spiro atoms. The first kappa shape index (κ1) is 46.0. The first-order valence-corrected chi connectivity index (χ1v) is 23.0. The average molecular weight is 633 g/mol. The third-order valence-electron chi connectivity index (χ3n) is 8.24. The third kappa shape index (κ3) is 29.6. The maximum absolute atomic E-state index is 9.41. The minimum atomic E-state index is -1.55. The van der Waals surface area contributed by atoms with Crippen molar-refractivity contribution in [3.8, 4) is 0 Å². The molecule has 0 atom stereocenters. The molecule has 0 aliphatic carbocycles. The Balaban J connectivity index is -0.000000579. The van der Waals surface area contributed by atoms with E-state index in [4.69, 9.17) is 0 Å². The van der Waals surface area contributed by atoms with Gasteiger partial charge in [-0.3, -0.25) is 0 Å². The number of carbonyl (C=O) groups excluding carboxylic acids is 2. The number of aliphatic carboxylic acids is 2.